The van der Waals surface area contributed by atoms with Gasteiger partial charge in [0.05, 0.1) is 11.5 Å². The van der Waals surface area contributed by atoms with Crippen LogP contribution in [0.25, 0.3) is 0 Å². The predicted molar refractivity (Wildman–Crippen MR) is 70.3 cm³/mol. The van der Waals surface area contributed by atoms with Crippen molar-refractivity contribution < 1.29 is 10.0 Å². The highest BCUT2D eigenvalue weighted by Crippen LogP contribution is 2.35. The molecule has 0 saturated heterocycles. The van der Waals surface area contributed by atoms with Crippen LogP contribution in [0.1, 0.15) is 19.8 Å². The molecule has 1 aliphatic carbocycles. The van der Waals surface area contributed by atoms with Gasteiger partial charge in [0.25, 0.3) is 0 Å². The number of anilines is 2. The van der Waals surface area contributed by atoms with Crippen LogP contribution >= 0.6 is 0 Å². The lowest BCUT2D eigenvalue weighted by atomic mass is 10.4. The van der Waals surface area contributed by atoms with Crippen LogP contribution in [0, 0.1) is 10.1 Å². The molecule has 0 amide bonds. The minimum absolute atomic E-state index is 0.0613. The van der Waals surface area contributed by atoms with E-state index >= 15 is 0 Å². The highest BCUT2D eigenvalue weighted by molar-refractivity contribution is 5.60. The molecule has 1 fully saturated rings. The van der Waals surface area contributed by atoms with Crippen LogP contribution in [-0.2, 0) is 0 Å². The van der Waals surface area contributed by atoms with Crippen molar-refractivity contribution in [3.05, 3.63) is 16.3 Å². The molecule has 0 unspecified atom stereocenters. The van der Waals surface area contributed by atoms with Crippen molar-refractivity contribution in [2.75, 3.05) is 29.9 Å². The van der Waals surface area contributed by atoms with Crippen LogP contribution in [0.15, 0.2) is 6.20 Å². The van der Waals surface area contributed by atoms with Crippen molar-refractivity contribution in [1.82, 2.24) is 9.97 Å². The van der Waals surface area contributed by atoms with E-state index in [1.165, 1.54) is 6.20 Å². The largest absolute Gasteiger partial charge is 0.395 e. The Hall–Kier alpha value is -1.96. The van der Waals surface area contributed by atoms with E-state index < -0.39 is 4.92 Å². The van der Waals surface area contributed by atoms with Crippen molar-refractivity contribution in [3.8, 4) is 0 Å². The Kier molecular flexibility index (Phi) is 4.10. The molecule has 0 aromatic carbocycles. The van der Waals surface area contributed by atoms with Gasteiger partial charge in [0.2, 0.25) is 11.8 Å². The number of aliphatic hydroxyl groups excluding tert-OH is 1. The molecule has 1 aliphatic rings. The third-order valence-electron chi connectivity index (χ3n) is 2.88. The average Bonchev–Trinajstić information content (AvgIpc) is 3.20. The zero-order chi connectivity index (χ0) is 13.8. The van der Waals surface area contributed by atoms with Crippen molar-refractivity contribution >= 4 is 17.5 Å². The number of hydrogen-bond donors (Lipinski definition) is 2. The van der Waals surface area contributed by atoms with Crippen LogP contribution in [-0.4, -0.2) is 45.7 Å². The van der Waals surface area contributed by atoms with E-state index in [0.717, 1.165) is 12.8 Å². The Morgan fingerprint density at radius 2 is 2.37 bits per heavy atom. The summed E-state index contributed by atoms with van der Waals surface area (Å²) in [5.74, 6) is 0.652. The van der Waals surface area contributed by atoms with Gasteiger partial charge >= 0.3 is 5.69 Å². The second-order valence-electron chi connectivity index (χ2n) is 4.34. The standard InChI is InChI=1S/C11H17N5O3/c1-2-12-11-13-7-9(16(18)19)10(14-11)15(5-6-17)8-3-4-8/h7-8,17H,2-6H2,1H3,(H,12,13,14). The molecule has 2 rings (SSSR count). The maximum Gasteiger partial charge on any atom is 0.329 e. The number of rotatable bonds is 7. The van der Waals surface area contributed by atoms with Gasteiger partial charge < -0.3 is 15.3 Å². The van der Waals surface area contributed by atoms with Gasteiger partial charge in [0, 0.05) is 19.1 Å². The Balaban J connectivity index is 2.37. The van der Waals surface area contributed by atoms with Crippen molar-refractivity contribution in [3.63, 3.8) is 0 Å². The number of aliphatic hydroxyl groups is 1. The summed E-state index contributed by atoms with van der Waals surface area (Å²) in [5.41, 5.74) is -0.123. The summed E-state index contributed by atoms with van der Waals surface area (Å²) in [7, 11) is 0. The first-order valence-corrected chi connectivity index (χ1v) is 6.30. The molecule has 0 aliphatic heterocycles. The summed E-state index contributed by atoms with van der Waals surface area (Å²) in [6.07, 6.45) is 3.16. The van der Waals surface area contributed by atoms with E-state index in [1.54, 1.807) is 4.90 Å². The topological polar surface area (TPSA) is 104 Å². The molecule has 0 radical (unpaired) electrons. The number of nitro groups is 1. The Morgan fingerprint density at radius 1 is 1.63 bits per heavy atom. The number of nitrogens with one attached hydrogen (secondary N) is 1. The molecule has 0 bridgehead atoms. The maximum absolute atomic E-state index is 11.1. The summed E-state index contributed by atoms with van der Waals surface area (Å²) in [6.45, 7) is 2.82. The zero-order valence-electron chi connectivity index (χ0n) is 10.7. The average molecular weight is 267 g/mol. The van der Waals surface area contributed by atoms with Crippen LogP contribution in [0.3, 0.4) is 0 Å². The normalized spacial score (nSPS) is 14.2. The molecule has 8 heteroatoms. The molecule has 19 heavy (non-hydrogen) atoms. The number of hydrogen-bond acceptors (Lipinski definition) is 7. The molecule has 0 spiro atoms. The fourth-order valence-corrected chi connectivity index (χ4v) is 1.91. The SMILES string of the molecule is CCNc1ncc([N+](=O)[O-])c(N(CCO)C2CC2)n1. The quantitative estimate of drug-likeness (QED) is 0.555. The van der Waals surface area contributed by atoms with E-state index in [0.29, 0.717) is 19.0 Å². The molecular formula is C11H17N5O3. The zero-order valence-corrected chi connectivity index (χ0v) is 10.7. The Morgan fingerprint density at radius 3 is 2.89 bits per heavy atom. The molecule has 2 N–H and O–H groups in total. The third kappa shape index (κ3) is 3.08. The fourth-order valence-electron chi connectivity index (χ4n) is 1.91. The fraction of sp³-hybridized carbons (Fsp3) is 0.636. The molecule has 8 nitrogen and oxygen atoms in total. The molecule has 1 aromatic heterocycles. The van der Waals surface area contributed by atoms with Gasteiger partial charge in [-0.3, -0.25) is 10.1 Å². The molecule has 1 heterocycles. The van der Waals surface area contributed by atoms with Crippen molar-refractivity contribution in [2.24, 2.45) is 0 Å². The third-order valence-corrected chi connectivity index (χ3v) is 2.88. The van der Waals surface area contributed by atoms with E-state index in [-0.39, 0.29) is 24.2 Å². The maximum atomic E-state index is 11.1. The van der Waals surface area contributed by atoms with Gasteiger partial charge in [-0.05, 0) is 19.8 Å². The smallest absolute Gasteiger partial charge is 0.329 e. The van der Waals surface area contributed by atoms with E-state index in [9.17, 15) is 10.1 Å². The van der Waals surface area contributed by atoms with Crippen LogP contribution in [0.5, 0.6) is 0 Å². The van der Waals surface area contributed by atoms with Crippen LogP contribution in [0.4, 0.5) is 17.5 Å². The van der Waals surface area contributed by atoms with Crippen molar-refractivity contribution in [1.29, 1.82) is 0 Å². The Bertz CT molecular complexity index is 464. The predicted octanol–water partition coefficient (Wildman–Crippen LogP) is 0.778. The minimum Gasteiger partial charge on any atom is -0.395 e. The summed E-state index contributed by atoms with van der Waals surface area (Å²) >= 11 is 0. The molecule has 104 valence electrons. The first-order valence-electron chi connectivity index (χ1n) is 6.30. The molecule has 1 aromatic rings. The number of aromatic nitrogens is 2. The van der Waals surface area contributed by atoms with Crippen LogP contribution < -0.4 is 10.2 Å². The van der Waals surface area contributed by atoms with Gasteiger partial charge in [0.15, 0.2) is 0 Å². The number of nitrogens with zero attached hydrogens (tertiary/aromatic N) is 4. The monoisotopic (exact) mass is 267 g/mol. The van der Waals surface area contributed by atoms with Gasteiger partial charge in [-0.25, -0.2) is 4.98 Å². The van der Waals surface area contributed by atoms with Gasteiger partial charge in [-0.2, -0.15) is 4.98 Å². The molecular weight excluding hydrogens is 250 g/mol. The lowest BCUT2D eigenvalue weighted by molar-refractivity contribution is -0.384. The highest BCUT2D eigenvalue weighted by atomic mass is 16.6. The van der Waals surface area contributed by atoms with Crippen LogP contribution in [0.2, 0.25) is 0 Å². The van der Waals surface area contributed by atoms with E-state index in [4.69, 9.17) is 5.11 Å². The second-order valence-corrected chi connectivity index (χ2v) is 4.34. The van der Waals surface area contributed by atoms with Gasteiger partial charge in [-0.1, -0.05) is 0 Å². The lowest BCUT2D eigenvalue weighted by Crippen LogP contribution is -2.30. The lowest BCUT2D eigenvalue weighted by Gasteiger charge is -2.22. The highest BCUT2D eigenvalue weighted by Gasteiger charge is 2.34. The Labute approximate surface area is 110 Å². The van der Waals surface area contributed by atoms with Gasteiger partial charge in [0.1, 0.15) is 6.20 Å². The second kappa shape index (κ2) is 5.79. The van der Waals surface area contributed by atoms with E-state index in [1.807, 2.05) is 6.92 Å². The first-order chi connectivity index (χ1) is 9.17. The van der Waals surface area contributed by atoms with Crippen molar-refractivity contribution in [2.45, 2.75) is 25.8 Å². The minimum atomic E-state index is -0.488. The summed E-state index contributed by atoms with van der Waals surface area (Å²) in [5, 5.41) is 23.1. The molecule has 0 atom stereocenters. The summed E-state index contributed by atoms with van der Waals surface area (Å²) in [4.78, 5) is 20.5. The molecule has 1 saturated carbocycles. The van der Waals surface area contributed by atoms with Gasteiger partial charge in [-0.15, -0.1) is 0 Å². The summed E-state index contributed by atoms with van der Waals surface area (Å²) < 4.78 is 0. The summed E-state index contributed by atoms with van der Waals surface area (Å²) in [6, 6.07) is 0.232. The first kappa shape index (κ1) is 13.5. The van der Waals surface area contributed by atoms with E-state index in [2.05, 4.69) is 15.3 Å².